The standard InChI is InChI=1S/C20H20N2O3/c23-20(24)14-8-11-22(12-9-14)19(18-6-3-13-25-18)16-7-10-21-17-5-2-1-4-15(16)17/h1-7,10,13-14,19H,8-9,11-12H2,(H,23,24). The van der Waals surface area contributed by atoms with E-state index >= 15 is 0 Å². The summed E-state index contributed by atoms with van der Waals surface area (Å²) in [4.78, 5) is 18.0. The summed E-state index contributed by atoms with van der Waals surface area (Å²) >= 11 is 0. The number of fused-ring (bicyclic) bond motifs is 1. The van der Waals surface area contributed by atoms with E-state index in [-0.39, 0.29) is 12.0 Å². The zero-order valence-corrected chi connectivity index (χ0v) is 13.8. The normalized spacial score (nSPS) is 17.6. The van der Waals surface area contributed by atoms with Crippen molar-refractivity contribution < 1.29 is 14.3 Å². The fourth-order valence-corrected chi connectivity index (χ4v) is 3.74. The zero-order chi connectivity index (χ0) is 17.2. The zero-order valence-electron chi connectivity index (χ0n) is 13.8. The lowest BCUT2D eigenvalue weighted by Crippen LogP contribution is -2.39. The summed E-state index contributed by atoms with van der Waals surface area (Å²) in [5, 5.41) is 10.4. The van der Waals surface area contributed by atoms with Crippen LogP contribution in [0.1, 0.15) is 30.2 Å². The van der Waals surface area contributed by atoms with Crippen molar-refractivity contribution in [1.82, 2.24) is 9.88 Å². The quantitative estimate of drug-likeness (QED) is 0.786. The molecule has 5 nitrogen and oxygen atoms in total. The number of benzene rings is 1. The highest BCUT2D eigenvalue weighted by molar-refractivity contribution is 5.82. The Morgan fingerprint density at radius 1 is 1.16 bits per heavy atom. The van der Waals surface area contributed by atoms with Gasteiger partial charge in [-0.2, -0.15) is 0 Å². The molecule has 0 amide bonds. The summed E-state index contributed by atoms with van der Waals surface area (Å²) in [5.74, 6) is -0.0589. The van der Waals surface area contributed by atoms with Gasteiger partial charge in [-0.3, -0.25) is 14.7 Å². The average molecular weight is 336 g/mol. The second-order valence-electron chi connectivity index (χ2n) is 6.48. The summed E-state index contributed by atoms with van der Waals surface area (Å²) in [6, 6.07) is 14.0. The van der Waals surface area contributed by atoms with Gasteiger partial charge in [-0.15, -0.1) is 0 Å². The number of rotatable bonds is 4. The second kappa shape index (κ2) is 6.69. The molecule has 1 saturated heterocycles. The number of hydrogen-bond donors (Lipinski definition) is 1. The lowest BCUT2D eigenvalue weighted by molar-refractivity contribution is -0.143. The Morgan fingerprint density at radius 2 is 1.96 bits per heavy atom. The van der Waals surface area contributed by atoms with Gasteiger partial charge in [0.2, 0.25) is 0 Å². The molecule has 1 N–H and O–H groups in total. The van der Waals surface area contributed by atoms with Crippen LogP contribution in [0.15, 0.2) is 59.3 Å². The molecule has 0 radical (unpaired) electrons. The number of carboxylic acid groups (broad SMARTS) is 1. The molecule has 3 aromatic rings. The van der Waals surface area contributed by atoms with Gasteiger partial charge in [-0.05, 0) is 55.8 Å². The number of nitrogens with zero attached hydrogens (tertiary/aromatic N) is 2. The summed E-state index contributed by atoms with van der Waals surface area (Å²) < 4.78 is 5.75. The van der Waals surface area contributed by atoms with Gasteiger partial charge in [0.1, 0.15) is 5.76 Å². The van der Waals surface area contributed by atoms with Gasteiger partial charge in [0.15, 0.2) is 0 Å². The highest BCUT2D eigenvalue weighted by atomic mass is 16.4. The van der Waals surface area contributed by atoms with Gasteiger partial charge in [-0.1, -0.05) is 18.2 Å². The molecule has 1 aromatic carbocycles. The van der Waals surface area contributed by atoms with E-state index in [1.165, 1.54) is 0 Å². The maximum Gasteiger partial charge on any atom is 0.306 e. The first-order chi connectivity index (χ1) is 12.2. The average Bonchev–Trinajstić information content (AvgIpc) is 3.17. The molecule has 0 bridgehead atoms. The van der Waals surface area contributed by atoms with Crippen LogP contribution in [0.25, 0.3) is 10.9 Å². The summed E-state index contributed by atoms with van der Waals surface area (Å²) in [7, 11) is 0. The molecular weight excluding hydrogens is 316 g/mol. The third kappa shape index (κ3) is 3.03. The lowest BCUT2D eigenvalue weighted by Gasteiger charge is -2.36. The molecule has 1 atom stereocenters. The van der Waals surface area contributed by atoms with Crippen LogP contribution in [-0.2, 0) is 4.79 Å². The molecule has 1 aliphatic rings. The highest BCUT2D eigenvalue weighted by Gasteiger charge is 2.32. The maximum absolute atomic E-state index is 11.3. The molecular formula is C20H20N2O3. The number of carboxylic acids is 1. The highest BCUT2D eigenvalue weighted by Crippen LogP contribution is 2.35. The number of pyridine rings is 1. The third-order valence-corrected chi connectivity index (χ3v) is 5.03. The fourth-order valence-electron chi connectivity index (χ4n) is 3.74. The lowest BCUT2D eigenvalue weighted by atomic mass is 9.92. The first-order valence-electron chi connectivity index (χ1n) is 8.58. The van der Waals surface area contributed by atoms with E-state index in [4.69, 9.17) is 4.42 Å². The van der Waals surface area contributed by atoms with Crippen LogP contribution in [0, 0.1) is 5.92 Å². The Hall–Kier alpha value is -2.66. The van der Waals surface area contributed by atoms with E-state index in [0.29, 0.717) is 12.8 Å². The predicted octanol–water partition coefficient (Wildman–Crippen LogP) is 3.71. The van der Waals surface area contributed by atoms with Crippen molar-refractivity contribution in [3.8, 4) is 0 Å². The van der Waals surface area contributed by atoms with Crippen molar-refractivity contribution in [2.75, 3.05) is 13.1 Å². The van der Waals surface area contributed by atoms with Crippen molar-refractivity contribution in [3.05, 3.63) is 66.2 Å². The Bertz CT molecular complexity index is 862. The number of aromatic nitrogens is 1. The van der Waals surface area contributed by atoms with Gasteiger partial charge in [0, 0.05) is 11.6 Å². The molecule has 0 aliphatic carbocycles. The Balaban J connectivity index is 1.74. The van der Waals surface area contributed by atoms with E-state index in [1.807, 2.05) is 42.6 Å². The second-order valence-corrected chi connectivity index (χ2v) is 6.48. The van der Waals surface area contributed by atoms with Gasteiger partial charge in [0.05, 0.1) is 23.7 Å². The van der Waals surface area contributed by atoms with Gasteiger partial charge in [0.25, 0.3) is 0 Å². The van der Waals surface area contributed by atoms with E-state index in [0.717, 1.165) is 35.3 Å². The number of aliphatic carboxylic acids is 1. The Kier molecular flexibility index (Phi) is 4.24. The van der Waals surface area contributed by atoms with E-state index < -0.39 is 5.97 Å². The van der Waals surface area contributed by atoms with Crippen LogP contribution in [0.2, 0.25) is 0 Å². The summed E-state index contributed by atoms with van der Waals surface area (Å²) in [6.07, 6.45) is 4.85. The largest absolute Gasteiger partial charge is 0.481 e. The molecule has 1 aliphatic heterocycles. The molecule has 4 rings (SSSR count). The van der Waals surface area contributed by atoms with Crippen LogP contribution in [0.4, 0.5) is 0 Å². The number of piperidine rings is 1. The number of hydrogen-bond acceptors (Lipinski definition) is 4. The predicted molar refractivity (Wildman–Crippen MR) is 94.2 cm³/mol. The van der Waals surface area contributed by atoms with E-state index in [9.17, 15) is 9.90 Å². The molecule has 3 heterocycles. The van der Waals surface area contributed by atoms with E-state index in [2.05, 4.69) is 16.0 Å². The molecule has 1 unspecified atom stereocenters. The van der Waals surface area contributed by atoms with Crippen LogP contribution in [-0.4, -0.2) is 34.0 Å². The number of likely N-dealkylation sites (tertiary alicyclic amines) is 1. The number of para-hydroxylation sites is 1. The van der Waals surface area contributed by atoms with Crippen LogP contribution in [0.5, 0.6) is 0 Å². The van der Waals surface area contributed by atoms with Gasteiger partial charge < -0.3 is 9.52 Å². The molecule has 25 heavy (non-hydrogen) atoms. The first kappa shape index (κ1) is 15.8. The molecule has 1 fully saturated rings. The van der Waals surface area contributed by atoms with Crippen LogP contribution < -0.4 is 0 Å². The van der Waals surface area contributed by atoms with Crippen molar-refractivity contribution >= 4 is 16.9 Å². The molecule has 0 saturated carbocycles. The summed E-state index contributed by atoms with van der Waals surface area (Å²) in [5.41, 5.74) is 2.10. The number of carbonyl (C=O) groups is 1. The fraction of sp³-hybridized carbons (Fsp3) is 0.300. The van der Waals surface area contributed by atoms with Gasteiger partial charge in [-0.25, -0.2) is 0 Å². The minimum absolute atomic E-state index is 0.0300. The minimum Gasteiger partial charge on any atom is -0.481 e. The van der Waals surface area contributed by atoms with E-state index in [1.54, 1.807) is 6.26 Å². The summed E-state index contributed by atoms with van der Waals surface area (Å²) in [6.45, 7) is 1.47. The van der Waals surface area contributed by atoms with Crippen molar-refractivity contribution in [2.45, 2.75) is 18.9 Å². The maximum atomic E-state index is 11.3. The van der Waals surface area contributed by atoms with Crippen molar-refractivity contribution in [3.63, 3.8) is 0 Å². The molecule has 5 heteroatoms. The molecule has 128 valence electrons. The smallest absolute Gasteiger partial charge is 0.306 e. The van der Waals surface area contributed by atoms with Gasteiger partial charge >= 0.3 is 5.97 Å². The monoisotopic (exact) mass is 336 g/mol. The molecule has 0 spiro atoms. The Morgan fingerprint density at radius 3 is 2.68 bits per heavy atom. The topological polar surface area (TPSA) is 66.6 Å². The van der Waals surface area contributed by atoms with Crippen LogP contribution in [0.3, 0.4) is 0 Å². The first-order valence-corrected chi connectivity index (χ1v) is 8.58. The third-order valence-electron chi connectivity index (χ3n) is 5.03. The SMILES string of the molecule is O=C(O)C1CCN(C(c2ccco2)c2ccnc3ccccc23)CC1. The number of furan rings is 1. The van der Waals surface area contributed by atoms with Crippen LogP contribution >= 0.6 is 0 Å². The Labute approximate surface area is 145 Å². The van der Waals surface area contributed by atoms with Crippen molar-refractivity contribution in [2.24, 2.45) is 5.92 Å². The van der Waals surface area contributed by atoms with Crippen molar-refractivity contribution in [1.29, 1.82) is 0 Å². The molecule has 2 aromatic heterocycles. The minimum atomic E-state index is -0.691.